The maximum absolute atomic E-state index is 12.9. The van der Waals surface area contributed by atoms with Crippen molar-refractivity contribution in [1.82, 2.24) is 4.90 Å². The summed E-state index contributed by atoms with van der Waals surface area (Å²) in [5.41, 5.74) is 1.59. The van der Waals surface area contributed by atoms with E-state index in [2.05, 4.69) is 5.32 Å². The van der Waals surface area contributed by atoms with Gasteiger partial charge in [0.05, 0.1) is 49.6 Å². The fraction of sp³-hybridized carbons (Fsp3) is 0.200. The van der Waals surface area contributed by atoms with Gasteiger partial charge in [-0.1, -0.05) is 12.1 Å². The second-order valence-corrected chi connectivity index (χ2v) is 8.65. The normalized spacial score (nSPS) is 15.1. The van der Waals surface area contributed by atoms with Crippen molar-refractivity contribution < 1.29 is 33.1 Å². The number of benzene rings is 2. The highest BCUT2D eigenvalue weighted by Crippen LogP contribution is 2.39. The van der Waals surface area contributed by atoms with Crippen LogP contribution in [0.25, 0.3) is 0 Å². The zero-order chi connectivity index (χ0) is 24.9. The van der Waals surface area contributed by atoms with Crippen molar-refractivity contribution in [2.24, 2.45) is 0 Å². The summed E-state index contributed by atoms with van der Waals surface area (Å²) in [5, 5.41) is 2.46. The molecule has 1 aromatic heterocycles. The molecule has 0 spiro atoms. The minimum absolute atomic E-state index is 0.0130. The lowest BCUT2D eigenvalue weighted by Crippen LogP contribution is -2.27. The third-order valence-electron chi connectivity index (χ3n) is 5.43. The van der Waals surface area contributed by atoms with Gasteiger partial charge in [0.25, 0.3) is 5.91 Å². The molecule has 1 N–H and O–H groups in total. The van der Waals surface area contributed by atoms with Crippen LogP contribution in [-0.4, -0.2) is 48.6 Å². The van der Waals surface area contributed by atoms with Gasteiger partial charge < -0.3 is 24.1 Å². The molecule has 0 aliphatic carbocycles. The Morgan fingerprint density at radius 2 is 1.74 bits per heavy atom. The van der Waals surface area contributed by atoms with E-state index in [1.165, 1.54) is 44.2 Å². The van der Waals surface area contributed by atoms with Gasteiger partial charge in [0.15, 0.2) is 0 Å². The zero-order valence-electron chi connectivity index (χ0n) is 19.0. The number of nitrogens with one attached hydrogen (secondary N) is 1. The first-order valence-electron chi connectivity index (χ1n) is 10.6. The van der Waals surface area contributed by atoms with E-state index in [9.17, 15) is 19.2 Å². The number of anilines is 1. The second-order valence-electron chi connectivity index (χ2n) is 7.58. The van der Waals surface area contributed by atoms with Gasteiger partial charge in [-0.3, -0.25) is 9.59 Å². The predicted octanol–water partition coefficient (Wildman–Crippen LogP) is 3.88. The molecule has 180 valence electrons. The lowest BCUT2D eigenvalue weighted by atomic mass is 10.1. The molecule has 3 aromatic rings. The predicted molar refractivity (Wildman–Crippen MR) is 128 cm³/mol. The van der Waals surface area contributed by atoms with Gasteiger partial charge in [-0.2, -0.15) is 0 Å². The maximum atomic E-state index is 12.9. The van der Waals surface area contributed by atoms with E-state index in [0.717, 1.165) is 5.56 Å². The van der Waals surface area contributed by atoms with Crippen LogP contribution in [0.1, 0.15) is 47.8 Å². The van der Waals surface area contributed by atoms with Crippen LogP contribution in [0.15, 0.2) is 65.3 Å². The van der Waals surface area contributed by atoms with Crippen LogP contribution in [0.2, 0.25) is 0 Å². The van der Waals surface area contributed by atoms with E-state index in [-0.39, 0.29) is 28.1 Å². The van der Waals surface area contributed by atoms with E-state index in [1.54, 1.807) is 41.5 Å². The molecule has 1 unspecified atom stereocenters. The minimum Gasteiger partial charge on any atom is -0.467 e. The zero-order valence-corrected chi connectivity index (χ0v) is 19.8. The molecule has 1 fully saturated rings. The fourth-order valence-corrected chi connectivity index (χ4v) is 4.83. The van der Waals surface area contributed by atoms with Gasteiger partial charge in [0.1, 0.15) is 11.1 Å². The van der Waals surface area contributed by atoms with Crippen LogP contribution in [0, 0.1) is 0 Å². The van der Waals surface area contributed by atoms with Gasteiger partial charge in [-0.25, -0.2) is 9.59 Å². The Kier molecular flexibility index (Phi) is 7.21. The van der Waals surface area contributed by atoms with Crippen molar-refractivity contribution in [3.05, 3.63) is 88.9 Å². The molecule has 9 nitrogen and oxygen atoms in total. The van der Waals surface area contributed by atoms with Crippen LogP contribution in [0.4, 0.5) is 5.69 Å². The van der Waals surface area contributed by atoms with E-state index in [4.69, 9.17) is 13.9 Å². The number of carbonyl (C=O) groups excluding carboxylic acids is 4. The molecule has 2 heterocycles. The van der Waals surface area contributed by atoms with Crippen LogP contribution in [0.3, 0.4) is 0 Å². The lowest BCUT2D eigenvalue weighted by molar-refractivity contribution is -0.128. The summed E-state index contributed by atoms with van der Waals surface area (Å²) < 4.78 is 14.9. The van der Waals surface area contributed by atoms with Gasteiger partial charge in [0.2, 0.25) is 5.91 Å². The third-order valence-corrected chi connectivity index (χ3v) is 6.68. The summed E-state index contributed by atoms with van der Waals surface area (Å²) in [6.45, 7) is 0.360. The van der Waals surface area contributed by atoms with E-state index >= 15 is 0 Å². The summed E-state index contributed by atoms with van der Waals surface area (Å²) in [7, 11) is 2.46. The molecule has 1 aliphatic rings. The fourth-order valence-electron chi connectivity index (χ4n) is 3.65. The molecule has 0 radical (unpaired) electrons. The number of furan rings is 1. The molecule has 35 heavy (non-hydrogen) atoms. The van der Waals surface area contributed by atoms with Crippen molar-refractivity contribution >= 4 is 41.2 Å². The number of thioether (sulfide) groups is 1. The first kappa shape index (κ1) is 24.1. The molecule has 0 bridgehead atoms. The van der Waals surface area contributed by atoms with Crippen molar-refractivity contribution in [2.45, 2.75) is 11.9 Å². The number of amides is 2. The number of ether oxygens (including phenoxy) is 2. The molecule has 4 rings (SSSR count). The summed E-state index contributed by atoms with van der Waals surface area (Å²) in [6.07, 6.45) is 1.57. The second kappa shape index (κ2) is 10.5. The summed E-state index contributed by atoms with van der Waals surface area (Å²) in [6, 6.07) is 14.6. The molecule has 1 saturated heterocycles. The molecular formula is C25H22N2O7S. The maximum Gasteiger partial charge on any atom is 0.339 e. The monoisotopic (exact) mass is 494 g/mol. The summed E-state index contributed by atoms with van der Waals surface area (Å²) in [5.74, 6) is -0.682. The summed E-state index contributed by atoms with van der Waals surface area (Å²) >= 11 is 1.50. The Bertz CT molecular complexity index is 1260. The number of nitrogens with zero attached hydrogens (tertiary/aromatic N) is 1. The van der Waals surface area contributed by atoms with Gasteiger partial charge in [-0.15, -0.1) is 11.8 Å². The Balaban J connectivity index is 1.53. The first-order valence-corrected chi connectivity index (χ1v) is 11.6. The highest BCUT2D eigenvalue weighted by molar-refractivity contribution is 8.00. The number of hydrogen-bond donors (Lipinski definition) is 1. The Hall–Kier alpha value is -4.05. The molecule has 0 saturated carbocycles. The number of rotatable bonds is 7. The quantitative estimate of drug-likeness (QED) is 0.492. The number of hydrogen-bond acceptors (Lipinski definition) is 8. The highest BCUT2D eigenvalue weighted by atomic mass is 32.2. The van der Waals surface area contributed by atoms with Crippen LogP contribution >= 0.6 is 11.8 Å². The molecule has 1 atom stereocenters. The smallest absolute Gasteiger partial charge is 0.339 e. The SMILES string of the molecule is COC(=O)c1ccc(C(=O)OC)c(NC(=O)c2ccc(C3SCC(=O)N3Cc3ccco3)cc2)c1. The van der Waals surface area contributed by atoms with Crippen molar-refractivity contribution in [2.75, 3.05) is 25.3 Å². The van der Waals surface area contributed by atoms with Crippen LogP contribution in [0.5, 0.6) is 0 Å². The topological polar surface area (TPSA) is 115 Å². The van der Waals surface area contributed by atoms with E-state index in [0.29, 0.717) is 23.6 Å². The van der Waals surface area contributed by atoms with Crippen molar-refractivity contribution in [1.29, 1.82) is 0 Å². The average molecular weight is 495 g/mol. The molecular weight excluding hydrogens is 472 g/mol. The average Bonchev–Trinajstić information content (AvgIpc) is 3.53. The van der Waals surface area contributed by atoms with Crippen LogP contribution in [-0.2, 0) is 20.8 Å². The molecule has 2 aromatic carbocycles. The Morgan fingerprint density at radius 3 is 2.40 bits per heavy atom. The van der Waals surface area contributed by atoms with E-state index < -0.39 is 17.8 Å². The Labute approximate surface area is 205 Å². The highest BCUT2D eigenvalue weighted by Gasteiger charge is 2.33. The van der Waals surface area contributed by atoms with E-state index in [1.807, 2.05) is 6.07 Å². The number of carbonyl (C=O) groups is 4. The van der Waals surface area contributed by atoms with Crippen molar-refractivity contribution in [3.8, 4) is 0 Å². The lowest BCUT2D eigenvalue weighted by Gasteiger charge is -2.23. The largest absolute Gasteiger partial charge is 0.467 e. The van der Waals surface area contributed by atoms with Crippen molar-refractivity contribution in [3.63, 3.8) is 0 Å². The molecule has 1 aliphatic heterocycles. The van der Waals surface area contributed by atoms with Crippen LogP contribution < -0.4 is 5.32 Å². The van der Waals surface area contributed by atoms with Gasteiger partial charge in [0, 0.05) is 5.56 Å². The summed E-state index contributed by atoms with van der Waals surface area (Å²) in [4.78, 5) is 51.1. The minimum atomic E-state index is -0.661. The Morgan fingerprint density at radius 1 is 1.03 bits per heavy atom. The first-order chi connectivity index (χ1) is 16.9. The number of methoxy groups -OCH3 is 2. The third kappa shape index (κ3) is 5.22. The number of esters is 2. The molecule has 2 amide bonds. The van der Waals surface area contributed by atoms with Gasteiger partial charge >= 0.3 is 11.9 Å². The van der Waals surface area contributed by atoms with Gasteiger partial charge in [-0.05, 0) is 48.0 Å². The molecule has 10 heteroatoms. The standard InChI is InChI=1S/C25H22N2O7S/c1-32-24(30)17-9-10-19(25(31)33-2)20(12-17)26-22(29)15-5-7-16(8-6-15)23-27(21(28)14-35-23)13-18-4-3-11-34-18/h3-12,23H,13-14H2,1-2H3,(H,26,29).